The molecule has 28 heavy (non-hydrogen) atoms. The number of nitrogens with zero attached hydrogens (tertiary/aromatic N) is 5. The Kier molecular flexibility index (Phi) is 6.07. The van der Waals surface area contributed by atoms with Crippen LogP contribution in [0.15, 0.2) is 24.3 Å². The summed E-state index contributed by atoms with van der Waals surface area (Å²) in [6, 6.07) is 8.67. The van der Waals surface area contributed by atoms with Crippen LogP contribution in [0.1, 0.15) is 38.1 Å². The summed E-state index contributed by atoms with van der Waals surface area (Å²) in [4.78, 5) is 4.01. The molecule has 1 aromatic heterocycles. The molecule has 2 fully saturated rings. The fourth-order valence-corrected chi connectivity index (χ4v) is 4.42. The smallest absolute Gasteiger partial charge is 0.209 e. The van der Waals surface area contributed by atoms with Crippen molar-refractivity contribution in [3.63, 3.8) is 0 Å². The Hall–Kier alpha value is -2.19. The molecule has 8 nitrogen and oxygen atoms in total. The minimum atomic E-state index is 0.252. The van der Waals surface area contributed by atoms with E-state index in [2.05, 4.69) is 39.5 Å². The van der Waals surface area contributed by atoms with Crippen molar-refractivity contribution in [2.24, 2.45) is 0 Å². The number of piperazine rings is 1. The summed E-state index contributed by atoms with van der Waals surface area (Å²) in [5.41, 5.74) is 1.26. The second kappa shape index (κ2) is 8.87. The summed E-state index contributed by atoms with van der Waals surface area (Å²) < 4.78 is 13.0. The first-order valence-electron chi connectivity index (χ1n) is 10.4. The van der Waals surface area contributed by atoms with Gasteiger partial charge >= 0.3 is 0 Å². The molecule has 0 unspecified atom stereocenters. The second-order valence-electron chi connectivity index (χ2n) is 7.66. The molecule has 2 aliphatic heterocycles. The van der Waals surface area contributed by atoms with Crippen molar-refractivity contribution < 1.29 is 14.4 Å². The van der Waals surface area contributed by atoms with Gasteiger partial charge in [-0.15, -0.1) is 5.10 Å². The Morgan fingerprint density at radius 2 is 2.04 bits per heavy atom. The molecule has 3 heterocycles. The molecule has 0 aliphatic carbocycles. The zero-order valence-electron chi connectivity index (χ0n) is 16.9. The van der Waals surface area contributed by atoms with Gasteiger partial charge in [0.05, 0.1) is 45.9 Å². The van der Waals surface area contributed by atoms with Gasteiger partial charge in [-0.05, 0) is 47.5 Å². The summed E-state index contributed by atoms with van der Waals surface area (Å²) in [5.74, 6) is 1.91. The third-order valence-corrected chi connectivity index (χ3v) is 6.02. The van der Waals surface area contributed by atoms with Crippen molar-refractivity contribution in [2.45, 2.75) is 44.9 Å². The van der Waals surface area contributed by atoms with Gasteiger partial charge in [0, 0.05) is 18.7 Å². The number of ether oxygens (including phenoxy) is 2. The van der Waals surface area contributed by atoms with E-state index in [-0.39, 0.29) is 6.10 Å². The molecule has 4 rings (SSSR count). The first-order valence-corrected chi connectivity index (χ1v) is 10.4. The highest BCUT2D eigenvalue weighted by molar-refractivity contribution is 5.49. The molecule has 2 aliphatic rings. The fourth-order valence-electron chi connectivity index (χ4n) is 4.42. The van der Waals surface area contributed by atoms with Crippen molar-refractivity contribution in [3.8, 4) is 5.75 Å². The van der Waals surface area contributed by atoms with Crippen LogP contribution in [-0.4, -0.2) is 66.2 Å². The number of hydrogen-bond donors (Lipinski definition) is 1. The molecule has 0 bridgehead atoms. The molecule has 8 heteroatoms. The average Bonchev–Trinajstić information content (AvgIpc) is 3.42. The maximum atomic E-state index is 5.78. The molecule has 152 valence electrons. The van der Waals surface area contributed by atoms with Crippen molar-refractivity contribution >= 4 is 5.69 Å². The number of benzene rings is 1. The summed E-state index contributed by atoms with van der Waals surface area (Å²) >= 11 is 0. The lowest BCUT2D eigenvalue weighted by atomic mass is 10.1. The molecular weight excluding hydrogens is 356 g/mol. The lowest BCUT2D eigenvalue weighted by Crippen LogP contribution is -3.15. The quantitative estimate of drug-likeness (QED) is 0.755. The normalized spacial score (nSPS) is 21.8. The number of nitrogens with one attached hydrogen (secondary N) is 1. The molecule has 2 atom stereocenters. The van der Waals surface area contributed by atoms with E-state index in [0.29, 0.717) is 6.04 Å². The zero-order chi connectivity index (χ0) is 19.3. The van der Waals surface area contributed by atoms with Crippen LogP contribution in [-0.2, 0) is 11.3 Å². The van der Waals surface area contributed by atoms with E-state index in [1.807, 2.05) is 16.8 Å². The van der Waals surface area contributed by atoms with Crippen LogP contribution in [0.5, 0.6) is 5.75 Å². The van der Waals surface area contributed by atoms with E-state index in [0.717, 1.165) is 70.2 Å². The Bertz CT molecular complexity index is 735. The van der Waals surface area contributed by atoms with Crippen LogP contribution in [0, 0.1) is 0 Å². The number of anilines is 1. The van der Waals surface area contributed by atoms with Crippen LogP contribution in [0.4, 0.5) is 5.69 Å². The van der Waals surface area contributed by atoms with Gasteiger partial charge in [-0.1, -0.05) is 6.92 Å². The van der Waals surface area contributed by atoms with E-state index in [1.165, 1.54) is 5.69 Å². The van der Waals surface area contributed by atoms with E-state index in [9.17, 15) is 0 Å². The van der Waals surface area contributed by atoms with Crippen molar-refractivity contribution in [3.05, 3.63) is 30.1 Å². The van der Waals surface area contributed by atoms with Crippen LogP contribution in [0.2, 0.25) is 0 Å². The Balaban J connectivity index is 1.39. The van der Waals surface area contributed by atoms with Gasteiger partial charge in [0.15, 0.2) is 0 Å². The minimum Gasteiger partial charge on any atom is -0.497 e. The van der Waals surface area contributed by atoms with Crippen LogP contribution in [0.25, 0.3) is 0 Å². The summed E-state index contributed by atoms with van der Waals surface area (Å²) in [5, 5.41) is 12.6. The van der Waals surface area contributed by atoms with Crippen LogP contribution < -0.4 is 14.5 Å². The number of aromatic nitrogens is 4. The molecule has 1 N–H and O–H groups in total. The van der Waals surface area contributed by atoms with Gasteiger partial charge in [-0.25, -0.2) is 4.68 Å². The highest BCUT2D eigenvalue weighted by atomic mass is 16.5. The summed E-state index contributed by atoms with van der Waals surface area (Å²) in [6.45, 7) is 8.09. The molecule has 1 aromatic carbocycles. The van der Waals surface area contributed by atoms with Crippen molar-refractivity contribution in [2.75, 3.05) is 44.8 Å². The molecule has 0 saturated carbocycles. The molecule has 0 amide bonds. The monoisotopic (exact) mass is 387 g/mol. The standard InChI is InChI=1S/C20H30N6O2/c1-3-19(20-21-22-23-26(20)15-18-5-4-14-28-18)25-12-10-24(11-13-25)16-6-8-17(27-2)9-7-16/h6-9,18-19H,3-5,10-15H2,1-2H3/p+1/t18-,19+/m0/s1. The highest BCUT2D eigenvalue weighted by Crippen LogP contribution is 2.20. The molecule has 2 aromatic rings. The number of quaternary nitrogens is 1. The number of tetrazole rings is 1. The molecule has 0 radical (unpaired) electrons. The maximum absolute atomic E-state index is 5.78. The van der Waals surface area contributed by atoms with Gasteiger partial charge in [-0.3, -0.25) is 0 Å². The predicted octanol–water partition coefficient (Wildman–Crippen LogP) is 0.717. The number of rotatable bonds is 7. The Morgan fingerprint density at radius 1 is 1.25 bits per heavy atom. The van der Waals surface area contributed by atoms with E-state index in [1.54, 1.807) is 12.0 Å². The first kappa shape index (κ1) is 19.1. The third kappa shape index (κ3) is 4.12. The maximum Gasteiger partial charge on any atom is 0.209 e. The minimum absolute atomic E-state index is 0.252. The summed E-state index contributed by atoms with van der Waals surface area (Å²) in [6.07, 6.45) is 3.52. The number of hydrogen-bond acceptors (Lipinski definition) is 6. The highest BCUT2D eigenvalue weighted by Gasteiger charge is 2.32. The SMILES string of the molecule is CC[C@H](c1nnnn1C[C@@H]1CCCO1)[NH+]1CCN(c2ccc(OC)cc2)CC1. The molecule has 0 spiro atoms. The van der Waals surface area contributed by atoms with E-state index < -0.39 is 0 Å². The lowest BCUT2D eigenvalue weighted by Gasteiger charge is -2.37. The van der Waals surface area contributed by atoms with Crippen LogP contribution in [0.3, 0.4) is 0 Å². The first-order chi connectivity index (χ1) is 13.8. The largest absolute Gasteiger partial charge is 0.497 e. The third-order valence-electron chi connectivity index (χ3n) is 6.02. The topological polar surface area (TPSA) is 69.7 Å². The van der Waals surface area contributed by atoms with Gasteiger partial charge in [-0.2, -0.15) is 0 Å². The van der Waals surface area contributed by atoms with E-state index >= 15 is 0 Å². The molecular formula is C20H31N6O2+. The fraction of sp³-hybridized carbons (Fsp3) is 0.650. The van der Waals surface area contributed by atoms with Gasteiger partial charge in [0.2, 0.25) is 5.82 Å². The van der Waals surface area contributed by atoms with Crippen molar-refractivity contribution in [1.82, 2.24) is 20.2 Å². The van der Waals surface area contributed by atoms with Gasteiger partial charge in [0.1, 0.15) is 11.8 Å². The van der Waals surface area contributed by atoms with Crippen molar-refractivity contribution in [1.29, 1.82) is 0 Å². The zero-order valence-corrected chi connectivity index (χ0v) is 16.9. The Labute approximate surface area is 166 Å². The number of methoxy groups -OCH3 is 1. The Morgan fingerprint density at radius 3 is 2.68 bits per heavy atom. The molecule has 2 saturated heterocycles. The second-order valence-corrected chi connectivity index (χ2v) is 7.66. The average molecular weight is 388 g/mol. The predicted molar refractivity (Wildman–Crippen MR) is 106 cm³/mol. The summed E-state index contributed by atoms with van der Waals surface area (Å²) in [7, 11) is 1.70. The van der Waals surface area contributed by atoms with Gasteiger partial charge in [0.25, 0.3) is 0 Å². The van der Waals surface area contributed by atoms with E-state index in [4.69, 9.17) is 9.47 Å². The van der Waals surface area contributed by atoms with Gasteiger partial charge < -0.3 is 19.3 Å². The lowest BCUT2D eigenvalue weighted by molar-refractivity contribution is -0.933. The van der Waals surface area contributed by atoms with Crippen LogP contribution >= 0.6 is 0 Å².